The van der Waals surface area contributed by atoms with E-state index in [2.05, 4.69) is 30.4 Å². The lowest BCUT2D eigenvalue weighted by Crippen LogP contribution is -2.26. The summed E-state index contributed by atoms with van der Waals surface area (Å²) < 4.78 is 5.29. The van der Waals surface area contributed by atoms with E-state index in [4.69, 9.17) is 10.5 Å². The third-order valence-electron chi connectivity index (χ3n) is 3.85. The summed E-state index contributed by atoms with van der Waals surface area (Å²) in [5.41, 5.74) is 7.40. The number of benzene rings is 1. The predicted molar refractivity (Wildman–Crippen MR) is 75.8 cm³/mol. The van der Waals surface area contributed by atoms with Gasteiger partial charge in [0, 0.05) is 0 Å². The van der Waals surface area contributed by atoms with Crippen LogP contribution in [0.4, 0.5) is 0 Å². The monoisotopic (exact) mass is 245 g/mol. The maximum atomic E-state index is 5.80. The Morgan fingerprint density at radius 1 is 1.39 bits per heavy atom. The van der Waals surface area contributed by atoms with Gasteiger partial charge in [-0.3, -0.25) is 0 Å². The first kappa shape index (κ1) is 13.2. The molecule has 0 bridgehead atoms. The summed E-state index contributed by atoms with van der Waals surface area (Å²) in [6.07, 6.45) is 10.6. The van der Waals surface area contributed by atoms with Crippen molar-refractivity contribution >= 4 is 0 Å². The van der Waals surface area contributed by atoms with E-state index < -0.39 is 0 Å². The number of methoxy groups -OCH3 is 1. The first-order chi connectivity index (χ1) is 8.78. The van der Waals surface area contributed by atoms with Crippen molar-refractivity contribution in [1.29, 1.82) is 0 Å². The fraction of sp³-hybridized carbons (Fsp3) is 0.500. The molecule has 1 atom stereocenters. The average molecular weight is 245 g/mol. The molecule has 2 rings (SSSR count). The van der Waals surface area contributed by atoms with Crippen molar-refractivity contribution in [1.82, 2.24) is 0 Å². The van der Waals surface area contributed by atoms with Crippen molar-refractivity contribution in [2.24, 2.45) is 11.1 Å². The lowest BCUT2D eigenvalue weighted by molar-refractivity contribution is 0.304. The van der Waals surface area contributed by atoms with Gasteiger partial charge in [-0.2, -0.15) is 0 Å². The van der Waals surface area contributed by atoms with Gasteiger partial charge in [-0.05, 0) is 61.8 Å². The fourth-order valence-corrected chi connectivity index (χ4v) is 2.91. The molecule has 0 aliphatic heterocycles. The van der Waals surface area contributed by atoms with E-state index >= 15 is 0 Å². The van der Waals surface area contributed by atoms with Crippen molar-refractivity contribution in [2.45, 2.75) is 32.1 Å². The molecule has 0 amide bonds. The molecule has 1 aliphatic carbocycles. The molecule has 0 aromatic heterocycles. The van der Waals surface area contributed by atoms with Crippen LogP contribution in [0.5, 0.6) is 5.75 Å². The van der Waals surface area contributed by atoms with Crippen molar-refractivity contribution in [3.05, 3.63) is 42.0 Å². The lowest BCUT2D eigenvalue weighted by atomic mass is 9.72. The van der Waals surface area contributed by atoms with Crippen molar-refractivity contribution in [3.8, 4) is 5.75 Å². The maximum Gasteiger partial charge on any atom is 0.119 e. The molecule has 0 heterocycles. The molecule has 2 nitrogen and oxygen atoms in total. The third kappa shape index (κ3) is 3.14. The van der Waals surface area contributed by atoms with E-state index in [0.29, 0.717) is 0 Å². The summed E-state index contributed by atoms with van der Waals surface area (Å²) >= 11 is 0. The summed E-state index contributed by atoms with van der Waals surface area (Å²) in [7, 11) is 1.72. The van der Waals surface area contributed by atoms with Gasteiger partial charge in [-0.1, -0.05) is 24.3 Å². The first-order valence-electron chi connectivity index (χ1n) is 6.79. The average Bonchev–Trinajstić information content (AvgIpc) is 2.40. The van der Waals surface area contributed by atoms with Gasteiger partial charge < -0.3 is 10.5 Å². The summed E-state index contributed by atoms with van der Waals surface area (Å²) in [4.78, 5) is 0. The predicted octanol–water partition coefficient (Wildman–Crippen LogP) is 3.31. The molecule has 1 aliphatic rings. The highest BCUT2D eigenvalue weighted by Gasteiger charge is 2.28. The Morgan fingerprint density at radius 3 is 2.94 bits per heavy atom. The molecule has 0 saturated carbocycles. The minimum absolute atomic E-state index is 0.263. The standard InChI is InChI=1S/C16H23NO/c1-18-15-7-5-6-14(12-15)13-16(10-11-17)8-3-2-4-9-16/h3,5-8,12H,2,4,9-11,13,17H2,1H3. The van der Waals surface area contributed by atoms with E-state index in [-0.39, 0.29) is 5.41 Å². The third-order valence-corrected chi connectivity index (χ3v) is 3.85. The topological polar surface area (TPSA) is 35.2 Å². The Hall–Kier alpha value is -1.28. The Kier molecular flexibility index (Phi) is 4.43. The van der Waals surface area contributed by atoms with Gasteiger partial charge in [-0.25, -0.2) is 0 Å². The molecule has 0 spiro atoms. The molecular formula is C16H23NO. The molecule has 0 saturated heterocycles. The Bertz CT molecular complexity index is 413. The number of hydrogen-bond donors (Lipinski definition) is 1. The van der Waals surface area contributed by atoms with Gasteiger partial charge in [0.1, 0.15) is 5.75 Å². The van der Waals surface area contributed by atoms with Gasteiger partial charge in [0.15, 0.2) is 0 Å². The molecule has 0 radical (unpaired) electrons. The highest BCUT2D eigenvalue weighted by atomic mass is 16.5. The zero-order chi connectivity index (χ0) is 12.8. The van der Waals surface area contributed by atoms with Crippen LogP contribution in [0, 0.1) is 5.41 Å². The summed E-state index contributed by atoms with van der Waals surface area (Å²) in [6, 6.07) is 8.39. The Labute approximate surface area is 110 Å². The molecule has 2 N–H and O–H groups in total. The van der Waals surface area contributed by atoms with Crippen LogP contribution in [-0.4, -0.2) is 13.7 Å². The highest BCUT2D eigenvalue weighted by molar-refractivity contribution is 5.30. The van der Waals surface area contributed by atoms with Crippen LogP contribution in [0.2, 0.25) is 0 Å². The van der Waals surface area contributed by atoms with Crippen molar-refractivity contribution in [3.63, 3.8) is 0 Å². The van der Waals surface area contributed by atoms with Crippen LogP contribution in [-0.2, 0) is 6.42 Å². The van der Waals surface area contributed by atoms with E-state index in [0.717, 1.165) is 25.1 Å². The van der Waals surface area contributed by atoms with E-state index in [9.17, 15) is 0 Å². The number of nitrogens with two attached hydrogens (primary N) is 1. The van der Waals surface area contributed by atoms with Gasteiger partial charge >= 0.3 is 0 Å². The molecule has 1 unspecified atom stereocenters. The Balaban J connectivity index is 2.17. The second-order valence-electron chi connectivity index (χ2n) is 5.22. The first-order valence-corrected chi connectivity index (χ1v) is 6.79. The fourth-order valence-electron chi connectivity index (χ4n) is 2.91. The SMILES string of the molecule is COc1cccc(CC2(CCN)C=CCCC2)c1. The van der Waals surface area contributed by atoms with Gasteiger partial charge in [-0.15, -0.1) is 0 Å². The van der Waals surface area contributed by atoms with E-state index in [1.807, 2.05) is 6.07 Å². The maximum absolute atomic E-state index is 5.80. The van der Waals surface area contributed by atoms with Gasteiger partial charge in [0.05, 0.1) is 7.11 Å². The quantitative estimate of drug-likeness (QED) is 0.808. The summed E-state index contributed by atoms with van der Waals surface area (Å²) in [5, 5.41) is 0. The minimum Gasteiger partial charge on any atom is -0.497 e. The van der Waals surface area contributed by atoms with Crippen LogP contribution >= 0.6 is 0 Å². The van der Waals surface area contributed by atoms with Gasteiger partial charge in [0.2, 0.25) is 0 Å². The largest absolute Gasteiger partial charge is 0.497 e. The highest BCUT2D eigenvalue weighted by Crippen LogP contribution is 2.37. The lowest BCUT2D eigenvalue weighted by Gasteiger charge is -2.33. The molecule has 1 aromatic carbocycles. The second-order valence-corrected chi connectivity index (χ2v) is 5.22. The smallest absolute Gasteiger partial charge is 0.119 e. The van der Waals surface area contributed by atoms with Crippen LogP contribution in [0.15, 0.2) is 36.4 Å². The molecule has 98 valence electrons. The number of rotatable bonds is 5. The van der Waals surface area contributed by atoms with Crippen molar-refractivity contribution in [2.75, 3.05) is 13.7 Å². The number of allylic oxidation sites excluding steroid dienone is 2. The van der Waals surface area contributed by atoms with Crippen LogP contribution < -0.4 is 10.5 Å². The van der Waals surface area contributed by atoms with Crippen LogP contribution in [0.25, 0.3) is 0 Å². The molecule has 0 fully saturated rings. The molecule has 2 heteroatoms. The molecule has 18 heavy (non-hydrogen) atoms. The second kappa shape index (κ2) is 6.05. The summed E-state index contributed by atoms with van der Waals surface area (Å²) in [6.45, 7) is 0.758. The minimum atomic E-state index is 0.263. The van der Waals surface area contributed by atoms with Gasteiger partial charge in [0.25, 0.3) is 0 Å². The zero-order valence-electron chi connectivity index (χ0n) is 11.2. The number of hydrogen-bond acceptors (Lipinski definition) is 2. The Morgan fingerprint density at radius 2 is 2.28 bits per heavy atom. The molecule has 1 aromatic rings. The van der Waals surface area contributed by atoms with Crippen LogP contribution in [0.3, 0.4) is 0 Å². The van der Waals surface area contributed by atoms with E-state index in [1.54, 1.807) is 7.11 Å². The van der Waals surface area contributed by atoms with E-state index in [1.165, 1.54) is 24.8 Å². The van der Waals surface area contributed by atoms with Crippen molar-refractivity contribution < 1.29 is 4.74 Å². The zero-order valence-corrected chi connectivity index (χ0v) is 11.2. The van der Waals surface area contributed by atoms with Crippen LogP contribution in [0.1, 0.15) is 31.2 Å². The summed E-state index contributed by atoms with van der Waals surface area (Å²) in [5.74, 6) is 0.940. The number of ether oxygens (including phenoxy) is 1. The normalized spacial score (nSPS) is 23.0. The molecular weight excluding hydrogens is 222 g/mol.